The number of hydrogen-bond acceptors (Lipinski definition) is 6. The Kier molecular flexibility index (Phi) is 10.6. The molecule has 0 spiro atoms. The van der Waals surface area contributed by atoms with Gasteiger partial charge in [0.1, 0.15) is 12.1 Å². The SMILES string of the molecule is C=CCCCCCC(NC(=O)OC1CCCC1)C(=O)N1CCC(OS(=O)(=O)c2ccc(Br)cc2)C1. The van der Waals surface area contributed by atoms with Crippen LogP contribution in [-0.2, 0) is 23.8 Å². The van der Waals surface area contributed by atoms with Crippen LogP contribution in [0, 0.1) is 0 Å². The summed E-state index contributed by atoms with van der Waals surface area (Å²) in [5.74, 6) is -0.232. The van der Waals surface area contributed by atoms with Gasteiger partial charge >= 0.3 is 6.09 Å². The Morgan fingerprint density at radius 2 is 1.83 bits per heavy atom. The fraction of sp³-hybridized carbons (Fsp3) is 0.600. The molecule has 8 nitrogen and oxygen atoms in total. The van der Waals surface area contributed by atoms with Crippen molar-refractivity contribution in [1.29, 1.82) is 0 Å². The molecule has 1 aromatic rings. The van der Waals surface area contributed by atoms with Crippen molar-refractivity contribution in [2.75, 3.05) is 13.1 Å². The number of alkyl carbamates (subject to hydrolysis) is 1. The van der Waals surface area contributed by atoms with Gasteiger partial charge in [0.15, 0.2) is 0 Å². The van der Waals surface area contributed by atoms with E-state index in [2.05, 4.69) is 27.8 Å². The van der Waals surface area contributed by atoms with E-state index in [4.69, 9.17) is 8.92 Å². The minimum Gasteiger partial charge on any atom is -0.446 e. The molecular weight excluding hydrogens is 536 g/mol. The van der Waals surface area contributed by atoms with Crippen LogP contribution in [-0.4, -0.2) is 56.7 Å². The largest absolute Gasteiger partial charge is 0.446 e. The number of unbranched alkanes of at least 4 members (excludes halogenated alkanes) is 3. The molecule has 194 valence electrons. The Labute approximate surface area is 216 Å². The molecule has 1 aromatic carbocycles. The second kappa shape index (κ2) is 13.4. The molecule has 2 aliphatic rings. The highest BCUT2D eigenvalue weighted by Gasteiger charge is 2.35. The number of ether oxygens (including phenoxy) is 1. The highest BCUT2D eigenvalue weighted by molar-refractivity contribution is 9.10. The third kappa shape index (κ3) is 8.61. The number of allylic oxidation sites excluding steroid dienone is 1. The van der Waals surface area contributed by atoms with Crippen LogP contribution >= 0.6 is 15.9 Å². The number of likely N-dealkylation sites (tertiary alicyclic amines) is 1. The van der Waals surface area contributed by atoms with Gasteiger partial charge in [-0.1, -0.05) is 34.8 Å². The van der Waals surface area contributed by atoms with E-state index in [0.29, 0.717) is 19.4 Å². The molecular formula is C25H35BrN2O6S. The molecule has 3 rings (SSSR count). The smallest absolute Gasteiger partial charge is 0.408 e. The molecule has 0 bridgehead atoms. The number of nitrogens with zero attached hydrogens (tertiary/aromatic N) is 1. The van der Waals surface area contributed by atoms with Gasteiger partial charge in [-0.25, -0.2) is 4.79 Å². The van der Waals surface area contributed by atoms with Gasteiger partial charge < -0.3 is 15.0 Å². The molecule has 1 aliphatic carbocycles. The van der Waals surface area contributed by atoms with E-state index in [1.165, 1.54) is 12.1 Å². The number of nitrogens with one attached hydrogen (secondary N) is 1. The normalized spacial score (nSPS) is 19.5. The Morgan fingerprint density at radius 3 is 2.51 bits per heavy atom. The van der Waals surface area contributed by atoms with Gasteiger partial charge in [-0.15, -0.1) is 6.58 Å². The molecule has 1 heterocycles. The predicted octanol–water partition coefficient (Wildman–Crippen LogP) is 4.93. The molecule has 2 atom stereocenters. The number of halogens is 1. The molecule has 1 saturated heterocycles. The van der Waals surface area contributed by atoms with Crippen LogP contribution in [0.4, 0.5) is 4.79 Å². The van der Waals surface area contributed by atoms with E-state index in [-0.39, 0.29) is 23.5 Å². The fourth-order valence-electron chi connectivity index (χ4n) is 4.47. The van der Waals surface area contributed by atoms with Crippen molar-refractivity contribution >= 4 is 38.0 Å². The van der Waals surface area contributed by atoms with Crippen LogP contribution in [0.2, 0.25) is 0 Å². The second-order valence-electron chi connectivity index (χ2n) is 9.13. The zero-order valence-electron chi connectivity index (χ0n) is 20.0. The lowest BCUT2D eigenvalue weighted by Crippen LogP contribution is -2.48. The molecule has 1 saturated carbocycles. The van der Waals surface area contributed by atoms with Crippen molar-refractivity contribution in [2.45, 2.75) is 87.4 Å². The van der Waals surface area contributed by atoms with E-state index in [0.717, 1.165) is 55.8 Å². The van der Waals surface area contributed by atoms with Crippen LogP contribution < -0.4 is 5.32 Å². The van der Waals surface area contributed by atoms with Crippen LogP contribution in [0.25, 0.3) is 0 Å². The Hall–Kier alpha value is -1.91. The molecule has 2 unspecified atom stereocenters. The lowest BCUT2D eigenvalue weighted by molar-refractivity contribution is -0.132. The van der Waals surface area contributed by atoms with E-state index in [9.17, 15) is 18.0 Å². The zero-order chi connectivity index (χ0) is 25.3. The first-order valence-corrected chi connectivity index (χ1v) is 14.5. The fourth-order valence-corrected chi connectivity index (χ4v) is 5.83. The predicted molar refractivity (Wildman–Crippen MR) is 136 cm³/mol. The average Bonchev–Trinajstić information content (AvgIpc) is 3.50. The zero-order valence-corrected chi connectivity index (χ0v) is 22.4. The quantitative estimate of drug-likeness (QED) is 0.217. The van der Waals surface area contributed by atoms with Crippen LogP contribution in [0.3, 0.4) is 0 Å². The number of carbonyl (C=O) groups is 2. The van der Waals surface area contributed by atoms with Crippen molar-refractivity contribution in [3.05, 3.63) is 41.4 Å². The van der Waals surface area contributed by atoms with Gasteiger partial charge in [-0.3, -0.25) is 8.98 Å². The van der Waals surface area contributed by atoms with Crippen molar-refractivity contribution < 1.29 is 26.9 Å². The molecule has 2 amide bonds. The van der Waals surface area contributed by atoms with E-state index < -0.39 is 28.4 Å². The first-order chi connectivity index (χ1) is 16.8. The highest BCUT2D eigenvalue weighted by atomic mass is 79.9. The van der Waals surface area contributed by atoms with E-state index in [1.807, 2.05) is 6.08 Å². The molecule has 1 aliphatic heterocycles. The highest BCUT2D eigenvalue weighted by Crippen LogP contribution is 2.24. The summed E-state index contributed by atoms with van der Waals surface area (Å²) in [6.45, 7) is 4.25. The summed E-state index contributed by atoms with van der Waals surface area (Å²) >= 11 is 3.29. The molecule has 10 heteroatoms. The van der Waals surface area contributed by atoms with Crippen molar-refractivity contribution in [2.24, 2.45) is 0 Å². The summed E-state index contributed by atoms with van der Waals surface area (Å²) in [4.78, 5) is 27.4. The number of carbonyl (C=O) groups excluding carboxylic acids is 2. The number of hydrogen-bond donors (Lipinski definition) is 1. The number of rotatable bonds is 12. The lowest BCUT2D eigenvalue weighted by Gasteiger charge is -2.25. The van der Waals surface area contributed by atoms with Crippen molar-refractivity contribution in [3.8, 4) is 0 Å². The van der Waals surface area contributed by atoms with Gasteiger partial charge in [-0.05, 0) is 75.6 Å². The Bertz CT molecular complexity index is 963. The summed E-state index contributed by atoms with van der Waals surface area (Å²) in [7, 11) is -3.94. The van der Waals surface area contributed by atoms with Crippen LogP contribution in [0.1, 0.15) is 64.2 Å². The molecule has 35 heavy (non-hydrogen) atoms. The van der Waals surface area contributed by atoms with Crippen LogP contribution in [0.15, 0.2) is 46.3 Å². The number of amides is 2. The monoisotopic (exact) mass is 570 g/mol. The van der Waals surface area contributed by atoms with E-state index >= 15 is 0 Å². The summed E-state index contributed by atoms with van der Waals surface area (Å²) in [6, 6.07) is 5.50. The minimum atomic E-state index is -3.94. The maximum absolute atomic E-state index is 13.3. The van der Waals surface area contributed by atoms with Gasteiger partial charge in [-0.2, -0.15) is 8.42 Å². The maximum atomic E-state index is 13.3. The first-order valence-electron chi connectivity index (χ1n) is 12.3. The average molecular weight is 572 g/mol. The third-order valence-electron chi connectivity index (χ3n) is 6.39. The Morgan fingerprint density at radius 1 is 1.11 bits per heavy atom. The standard InChI is InChI=1S/C25H35BrN2O6S/c1-2-3-4-5-6-11-23(27-25(30)33-20-9-7-8-10-20)24(29)28-17-16-21(18-28)34-35(31,32)22-14-12-19(26)13-15-22/h2,12-15,20-21,23H,1,3-11,16-18H2,(H,27,30). The van der Waals surface area contributed by atoms with Crippen molar-refractivity contribution in [1.82, 2.24) is 10.2 Å². The van der Waals surface area contributed by atoms with E-state index in [1.54, 1.807) is 17.0 Å². The number of benzene rings is 1. The summed E-state index contributed by atoms with van der Waals surface area (Å²) in [5, 5.41) is 2.77. The van der Waals surface area contributed by atoms with Gasteiger partial charge in [0.05, 0.1) is 11.0 Å². The third-order valence-corrected chi connectivity index (χ3v) is 8.29. The lowest BCUT2D eigenvalue weighted by atomic mass is 10.1. The van der Waals surface area contributed by atoms with Crippen LogP contribution in [0.5, 0.6) is 0 Å². The molecule has 0 radical (unpaired) electrons. The molecule has 0 aromatic heterocycles. The maximum Gasteiger partial charge on any atom is 0.408 e. The van der Waals surface area contributed by atoms with Gasteiger partial charge in [0.2, 0.25) is 5.91 Å². The Balaban J connectivity index is 1.57. The first kappa shape index (κ1) is 27.7. The summed E-state index contributed by atoms with van der Waals surface area (Å²) in [5.41, 5.74) is 0. The molecule has 1 N–H and O–H groups in total. The van der Waals surface area contributed by atoms with Gasteiger partial charge in [0.25, 0.3) is 10.1 Å². The second-order valence-corrected chi connectivity index (χ2v) is 11.6. The summed E-state index contributed by atoms with van der Waals surface area (Å²) < 4.78 is 36.9. The topological polar surface area (TPSA) is 102 Å². The van der Waals surface area contributed by atoms with Gasteiger partial charge in [0, 0.05) is 17.6 Å². The molecule has 2 fully saturated rings. The van der Waals surface area contributed by atoms with Crippen molar-refractivity contribution in [3.63, 3.8) is 0 Å². The summed E-state index contributed by atoms with van der Waals surface area (Å²) in [6.07, 6.45) is 8.86. The minimum absolute atomic E-state index is 0.0687.